The Hall–Kier alpha value is -4.74. The van der Waals surface area contributed by atoms with Crippen LogP contribution in [0.1, 0.15) is 26.3 Å². The highest BCUT2D eigenvalue weighted by molar-refractivity contribution is 7.86. The molecular weight excluding hydrogens is 534 g/mol. The molecule has 206 valence electrons. The molecule has 0 aliphatic heterocycles. The largest absolute Gasteiger partial charge is 0.491 e. The Kier molecular flexibility index (Phi) is 8.46. The smallest absolute Gasteiger partial charge is 0.354 e. The number of hydrogen-bond acceptors (Lipinski definition) is 8. The quantitative estimate of drug-likeness (QED) is 0.113. The Labute approximate surface area is 231 Å². The highest BCUT2D eigenvalue weighted by Crippen LogP contribution is 2.35. The van der Waals surface area contributed by atoms with Crippen molar-refractivity contribution in [2.45, 2.75) is 0 Å². The van der Waals surface area contributed by atoms with Gasteiger partial charge in [0.25, 0.3) is 5.91 Å². The van der Waals surface area contributed by atoms with E-state index in [9.17, 15) is 18.0 Å². The minimum Gasteiger partial charge on any atom is -0.491 e. The van der Waals surface area contributed by atoms with E-state index >= 15 is 0 Å². The second-order valence-electron chi connectivity index (χ2n) is 8.78. The van der Waals surface area contributed by atoms with Crippen LogP contribution < -0.4 is 15.8 Å². The summed E-state index contributed by atoms with van der Waals surface area (Å²) in [4.78, 5) is 26.5. The second kappa shape index (κ2) is 12.0. The number of amides is 1. The molecule has 0 radical (unpaired) electrons. The molecule has 0 aliphatic rings. The van der Waals surface area contributed by atoms with Gasteiger partial charge in [0, 0.05) is 29.3 Å². The van der Waals surface area contributed by atoms with Crippen molar-refractivity contribution in [2.75, 3.05) is 31.9 Å². The molecule has 0 spiro atoms. The predicted octanol–water partition coefficient (Wildman–Crippen LogP) is 4.18. The average molecular weight is 562 g/mol. The molecule has 40 heavy (non-hydrogen) atoms. The molecule has 0 atom stereocenters. The number of carbonyl (C=O) groups is 2. The van der Waals surface area contributed by atoms with Crippen LogP contribution in [0.5, 0.6) is 5.75 Å². The maximum atomic E-state index is 13.4. The van der Waals surface area contributed by atoms with Gasteiger partial charge in [-0.05, 0) is 65.0 Å². The zero-order chi connectivity index (χ0) is 28.9. The Morgan fingerprint density at radius 1 is 0.900 bits per heavy atom. The second-order valence-corrected chi connectivity index (χ2v) is 10.4. The van der Waals surface area contributed by atoms with E-state index in [0.717, 1.165) is 6.26 Å². The lowest BCUT2D eigenvalue weighted by Gasteiger charge is -2.16. The van der Waals surface area contributed by atoms with Crippen LogP contribution in [0, 0.1) is 5.41 Å². The Bertz CT molecular complexity index is 1700. The summed E-state index contributed by atoms with van der Waals surface area (Å²) >= 11 is 0. The van der Waals surface area contributed by atoms with Crippen LogP contribution >= 0.6 is 0 Å². The molecule has 0 unspecified atom stereocenters. The number of carbonyl (C=O) groups excluding carboxylic acids is 2. The van der Waals surface area contributed by atoms with E-state index in [1.165, 1.54) is 6.07 Å². The third kappa shape index (κ3) is 6.63. The van der Waals surface area contributed by atoms with Crippen molar-refractivity contribution in [3.05, 3.63) is 95.6 Å². The van der Waals surface area contributed by atoms with Gasteiger partial charge in [0.15, 0.2) is 0 Å². The molecule has 0 fully saturated rings. The van der Waals surface area contributed by atoms with Gasteiger partial charge in [-0.3, -0.25) is 10.2 Å². The number of nitrogens with one attached hydrogen (secondary N) is 2. The molecule has 4 N–H and O–H groups in total. The SMILES string of the molecule is COCCOc1cccc2cc(-c3ccccc3C(=O)Nc3ccc(C(=N)N)cc3)c(C(=O)OS(C)(=O)=O)cc12. The van der Waals surface area contributed by atoms with E-state index in [4.69, 9.17) is 24.8 Å². The van der Waals surface area contributed by atoms with Gasteiger partial charge in [0.1, 0.15) is 18.2 Å². The number of hydrogen-bond donors (Lipinski definition) is 3. The van der Waals surface area contributed by atoms with E-state index in [1.54, 1.807) is 73.8 Å². The van der Waals surface area contributed by atoms with Gasteiger partial charge in [-0.2, -0.15) is 8.42 Å². The van der Waals surface area contributed by atoms with Crippen LogP contribution in [-0.2, 0) is 19.0 Å². The first-order chi connectivity index (χ1) is 19.1. The Balaban J connectivity index is 1.82. The fourth-order valence-corrected chi connectivity index (χ4v) is 4.44. The minimum atomic E-state index is -4.13. The standard InChI is InChI=1S/C29H27N3O7S/c1-37-14-15-38-26-9-5-6-19-16-24(25(17-23(19)26)29(34)39-40(2,35)36)21-7-3-4-8-22(21)28(33)32-20-12-10-18(11-13-20)27(30)31/h3-13,16-17H,14-15H2,1-2H3,(H3,30,31)(H,32,33). The van der Waals surface area contributed by atoms with Crippen molar-refractivity contribution >= 4 is 44.3 Å². The number of nitrogens with two attached hydrogens (primary N) is 1. The average Bonchev–Trinajstić information content (AvgIpc) is 2.92. The van der Waals surface area contributed by atoms with Gasteiger partial charge in [0.2, 0.25) is 0 Å². The van der Waals surface area contributed by atoms with E-state index in [0.29, 0.717) is 45.5 Å². The van der Waals surface area contributed by atoms with Crippen molar-refractivity contribution in [3.8, 4) is 16.9 Å². The molecule has 0 aromatic heterocycles. The third-order valence-corrected chi connectivity index (χ3v) is 6.34. The normalized spacial score (nSPS) is 11.2. The molecule has 0 heterocycles. The van der Waals surface area contributed by atoms with E-state index < -0.39 is 22.0 Å². The summed E-state index contributed by atoms with van der Waals surface area (Å²) < 4.78 is 39.3. The van der Waals surface area contributed by atoms with Crippen LogP contribution in [0.15, 0.2) is 78.9 Å². The van der Waals surface area contributed by atoms with E-state index in [-0.39, 0.29) is 23.6 Å². The molecule has 10 nitrogen and oxygen atoms in total. The highest BCUT2D eigenvalue weighted by Gasteiger charge is 2.23. The first-order valence-corrected chi connectivity index (χ1v) is 13.9. The molecule has 0 saturated heterocycles. The van der Waals surface area contributed by atoms with Crippen molar-refractivity contribution in [1.82, 2.24) is 0 Å². The van der Waals surface area contributed by atoms with E-state index in [1.807, 2.05) is 6.07 Å². The fraction of sp³-hybridized carbons (Fsp3) is 0.138. The van der Waals surface area contributed by atoms with Crippen molar-refractivity contribution < 1.29 is 31.7 Å². The monoisotopic (exact) mass is 561 g/mol. The minimum absolute atomic E-state index is 0.0632. The first kappa shape index (κ1) is 28.3. The van der Waals surface area contributed by atoms with Gasteiger partial charge in [-0.15, -0.1) is 0 Å². The predicted molar refractivity (Wildman–Crippen MR) is 152 cm³/mol. The Morgan fingerprint density at radius 2 is 1.62 bits per heavy atom. The lowest BCUT2D eigenvalue weighted by molar-refractivity contribution is 0.0749. The summed E-state index contributed by atoms with van der Waals surface area (Å²) in [5.41, 5.74) is 7.34. The fourth-order valence-electron chi connectivity index (χ4n) is 4.08. The molecule has 4 rings (SSSR count). The van der Waals surface area contributed by atoms with Crippen molar-refractivity contribution in [3.63, 3.8) is 0 Å². The molecule has 4 aromatic carbocycles. The zero-order valence-corrected chi connectivity index (χ0v) is 22.6. The molecule has 1 amide bonds. The lowest BCUT2D eigenvalue weighted by atomic mass is 9.92. The summed E-state index contributed by atoms with van der Waals surface area (Å²) in [6.45, 7) is 0.605. The summed E-state index contributed by atoms with van der Waals surface area (Å²) in [7, 11) is -2.58. The van der Waals surface area contributed by atoms with Gasteiger partial charge < -0.3 is 24.7 Å². The third-order valence-electron chi connectivity index (χ3n) is 5.89. The zero-order valence-electron chi connectivity index (χ0n) is 21.8. The molecule has 0 bridgehead atoms. The number of rotatable bonds is 10. The molecular formula is C29H27N3O7S. The summed E-state index contributed by atoms with van der Waals surface area (Å²) in [5.74, 6) is -1.19. The molecule has 0 aliphatic carbocycles. The first-order valence-electron chi connectivity index (χ1n) is 12.0. The molecule has 4 aromatic rings. The number of nitrogen functional groups attached to an aromatic ring is 1. The lowest BCUT2D eigenvalue weighted by Crippen LogP contribution is -2.16. The van der Waals surface area contributed by atoms with Crippen LogP contribution in [-0.4, -0.2) is 52.7 Å². The van der Waals surface area contributed by atoms with Crippen LogP contribution in [0.4, 0.5) is 5.69 Å². The van der Waals surface area contributed by atoms with Crippen LogP contribution in [0.2, 0.25) is 0 Å². The summed E-state index contributed by atoms with van der Waals surface area (Å²) in [6, 6.07) is 21.6. The van der Waals surface area contributed by atoms with Gasteiger partial charge in [-0.25, -0.2) is 4.79 Å². The number of amidine groups is 1. The van der Waals surface area contributed by atoms with Crippen molar-refractivity contribution in [2.24, 2.45) is 5.73 Å². The number of anilines is 1. The highest BCUT2D eigenvalue weighted by atomic mass is 32.2. The number of methoxy groups -OCH3 is 1. The number of benzene rings is 4. The summed E-state index contributed by atoms with van der Waals surface area (Å²) in [5, 5.41) is 11.6. The van der Waals surface area contributed by atoms with Crippen LogP contribution in [0.3, 0.4) is 0 Å². The topological polar surface area (TPSA) is 158 Å². The van der Waals surface area contributed by atoms with Gasteiger partial charge in [-0.1, -0.05) is 30.3 Å². The van der Waals surface area contributed by atoms with Gasteiger partial charge >= 0.3 is 16.1 Å². The maximum Gasteiger partial charge on any atom is 0.354 e. The number of ether oxygens (including phenoxy) is 2. The Morgan fingerprint density at radius 3 is 2.30 bits per heavy atom. The van der Waals surface area contributed by atoms with Gasteiger partial charge in [0.05, 0.1) is 18.4 Å². The maximum absolute atomic E-state index is 13.4. The van der Waals surface area contributed by atoms with E-state index in [2.05, 4.69) is 5.32 Å². The molecule has 0 saturated carbocycles. The van der Waals surface area contributed by atoms with Crippen LogP contribution in [0.25, 0.3) is 21.9 Å². The van der Waals surface area contributed by atoms with Crippen molar-refractivity contribution in [1.29, 1.82) is 5.41 Å². The summed E-state index contributed by atoms with van der Waals surface area (Å²) in [6.07, 6.45) is 0.781. The number of fused-ring (bicyclic) bond motifs is 1. The molecule has 11 heteroatoms.